The molecular formula is C23H45NO3. The van der Waals surface area contributed by atoms with Crippen molar-refractivity contribution in [2.45, 2.75) is 109 Å². The van der Waals surface area contributed by atoms with Crippen LogP contribution in [0.4, 0.5) is 0 Å². The summed E-state index contributed by atoms with van der Waals surface area (Å²) in [5.41, 5.74) is -0.245. The van der Waals surface area contributed by atoms with Gasteiger partial charge in [0.15, 0.2) is 0 Å². The van der Waals surface area contributed by atoms with Gasteiger partial charge in [0.1, 0.15) is 0 Å². The van der Waals surface area contributed by atoms with Crippen molar-refractivity contribution < 1.29 is 14.6 Å². The monoisotopic (exact) mass is 383 g/mol. The number of ether oxygens (including phenoxy) is 2. The standard InChI is InChI=1S/C23H45NO3/c1-4-5-15-24(18-20-9-7-6-8-10-20)16-17-26-19-23(2,3)27-22-13-11-21(25)12-14-22/h20-22,25H,4-19H2,1-3H3. The van der Waals surface area contributed by atoms with Gasteiger partial charge in [-0.2, -0.15) is 0 Å². The van der Waals surface area contributed by atoms with E-state index >= 15 is 0 Å². The first-order chi connectivity index (χ1) is 13.0. The summed E-state index contributed by atoms with van der Waals surface area (Å²) in [6.07, 6.45) is 13.5. The zero-order valence-corrected chi connectivity index (χ0v) is 18.3. The predicted molar refractivity (Wildman–Crippen MR) is 112 cm³/mol. The molecule has 4 nitrogen and oxygen atoms in total. The van der Waals surface area contributed by atoms with Gasteiger partial charge in [-0.3, -0.25) is 0 Å². The van der Waals surface area contributed by atoms with Crippen molar-refractivity contribution >= 4 is 0 Å². The third-order valence-electron chi connectivity index (χ3n) is 6.20. The molecular weight excluding hydrogens is 338 g/mol. The van der Waals surface area contributed by atoms with Crippen LogP contribution in [0.2, 0.25) is 0 Å². The molecule has 0 aromatic heterocycles. The minimum atomic E-state index is -0.245. The van der Waals surface area contributed by atoms with Crippen molar-refractivity contribution in [2.24, 2.45) is 5.92 Å². The van der Waals surface area contributed by atoms with E-state index in [2.05, 4.69) is 25.7 Å². The molecule has 160 valence electrons. The number of aliphatic hydroxyl groups is 1. The fourth-order valence-corrected chi connectivity index (χ4v) is 4.57. The Bertz CT molecular complexity index is 374. The molecule has 0 bridgehead atoms. The third-order valence-corrected chi connectivity index (χ3v) is 6.20. The number of aliphatic hydroxyl groups excluding tert-OH is 1. The molecule has 2 saturated carbocycles. The van der Waals surface area contributed by atoms with Crippen LogP contribution in [0.25, 0.3) is 0 Å². The Balaban J connectivity index is 1.64. The van der Waals surface area contributed by atoms with Crippen molar-refractivity contribution in [3.05, 3.63) is 0 Å². The van der Waals surface area contributed by atoms with E-state index in [1.54, 1.807) is 0 Å². The van der Waals surface area contributed by atoms with Crippen molar-refractivity contribution in [2.75, 3.05) is 32.8 Å². The normalized spacial score (nSPS) is 25.2. The zero-order chi connectivity index (χ0) is 19.5. The lowest BCUT2D eigenvalue weighted by molar-refractivity contribution is -0.128. The van der Waals surface area contributed by atoms with E-state index in [9.17, 15) is 5.11 Å². The number of hydrogen-bond acceptors (Lipinski definition) is 4. The minimum absolute atomic E-state index is 0.123. The average molecular weight is 384 g/mol. The van der Waals surface area contributed by atoms with Gasteiger partial charge in [0.2, 0.25) is 0 Å². The van der Waals surface area contributed by atoms with E-state index in [1.807, 2.05) is 0 Å². The molecule has 0 aliphatic heterocycles. The summed E-state index contributed by atoms with van der Waals surface area (Å²) in [5, 5.41) is 9.64. The maximum Gasteiger partial charge on any atom is 0.0862 e. The van der Waals surface area contributed by atoms with Crippen molar-refractivity contribution in [3.8, 4) is 0 Å². The Morgan fingerprint density at radius 1 is 0.963 bits per heavy atom. The first kappa shape index (κ1) is 23.1. The summed E-state index contributed by atoms with van der Waals surface area (Å²) >= 11 is 0. The summed E-state index contributed by atoms with van der Waals surface area (Å²) in [5.74, 6) is 0.900. The van der Waals surface area contributed by atoms with Crippen molar-refractivity contribution in [3.63, 3.8) is 0 Å². The minimum Gasteiger partial charge on any atom is -0.393 e. The molecule has 2 aliphatic rings. The second kappa shape index (κ2) is 12.4. The highest BCUT2D eigenvalue weighted by Gasteiger charge is 2.27. The molecule has 4 heteroatoms. The fraction of sp³-hybridized carbons (Fsp3) is 1.00. The van der Waals surface area contributed by atoms with E-state index < -0.39 is 0 Å². The van der Waals surface area contributed by atoms with E-state index in [4.69, 9.17) is 9.47 Å². The van der Waals surface area contributed by atoms with Crippen LogP contribution < -0.4 is 0 Å². The lowest BCUT2D eigenvalue weighted by Gasteiger charge is -2.34. The van der Waals surface area contributed by atoms with E-state index in [-0.39, 0.29) is 17.8 Å². The SMILES string of the molecule is CCCCN(CCOCC(C)(C)OC1CCC(O)CC1)CC1CCCCC1. The summed E-state index contributed by atoms with van der Waals surface area (Å²) in [4.78, 5) is 2.63. The average Bonchev–Trinajstić information content (AvgIpc) is 2.65. The van der Waals surface area contributed by atoms with Crippen LogP contribution in [-0.2, 0) is 9.47 Å². The van der Waals surface area contributed by atoms with Gasteiger partial charge in [-0.15, -0.1) is 0 Å². The Labute approximate surface area is 168 Å². The summed E-state index contributed by atoms with van der Waals surface area (Å²) < 4.78 is 12.3. The van der Waals surface area contributed by atoms with Crippen LogP contribution >= 0.6 is 0 Å². The Kier molecular flexibility index (Phi) is 10.6. The molecule has 0 amide bonds. The molecule has 0 heterocycles. The maximum atomic E-state index is 9.64. The predicted octanol–water partition coefficient (Wildman–Crippen LogP) is 4.78. The molecule has 0 unspecified atom stereocenters. The molecule has 0 aromatic carbocycles. The molecule has 27 heavy (non-hydrogen) atoms. The summed E-state index contributed by atoms with van der Waals surface area (Å²) in [6.45, 7) is 11.5. The Hall–Kier alpha value is -0.160. The quantitative estimate of drug-likeness (QED) is 0.492. The fourth-order valence-electron chi connectivity index (χ4n) is 4.57. The molecule has 2 aliphatic carbocycles. The number of rotatable bonds is 12. The second-order valence-corrected chi connectivity index (χ2v) is 9.52. The molecule has 0 radical (unpaired) electrons. The first-order valence-corrected chi connectivity index (χ1v) is 11.6. The number of hydrogen-bond donors (Lipinski definition) is 1. The molecule has 2 rings (SSSR count). The lowest BCUT2D eigenvalue weighted by Crippen LogP contribution is -2.39. The van der Waals surface area contributed by atoms with E-state index in [0.29, 0.717) is 6.61 Å². The number of unbranched alkanes of at least 4 members (excludes halogenated alkanes) is 1. The summed E-state index contributed by atoms with van der Waals surface area (Å²) in [6, 6.07) is 0. The third kappa shape index (κ3) is 9.74. The zero-order valence-electron chi connectivity index (χ0n) is 18.3. The molecule has 0 atom stereocenters. The van der Waals surface area contributed by atoms with Gasteiger partial charge >= 0.3 is 0 Å². The molecule has 0 saturated heterocycles. The molecule has 1 N–H and O–H groups in total. The Morgan fingerprint density at radius 2 is 1.67 bits per heavy atom. The first-order valence-electron chi connectivity index (χ1n) is 11.6. The van der Waals surface area contributed by atoms with Gasteiger partial charge < -0.3 is 19.5 Å². The largest absolute Gasteiger partial charge is 0.393 e. The smallest absolute Gasteiger partial charge is 0.0862 e. The van der Waals surface area contributed by atoms with E-state index in [1.165, 1.54) is 58.0 Å². The van der Waals surface area contributed by atoms with Gasteiger partial charge in [0.05, 0.1) is 31.0 Å². The maximum absolute atomic E-state index is 9.64. The van der Waals surface area contributed by atoms with Gasteiger partial charge in [-0.05, 0) is 71.3 Å². The van der Waals surface area contributed by atoms with Crippen LogP contribution in [0.5, 0.6) is 0 Å². The topological polar surface area (TPSA) is 41.9 Å². The second-order valence-electron chi connectivity index (χ2n) is 9.52. The lowest BCUT2D eigenvalue weighted by atomic mass is 9.89. The number of nitrogens with zero attached hydrogens (tertiary/aromatic N) is 1. The van der Waals surface area contributed by atoms with E-state index in [0.717, 1.165) is 44.8 Å². The summed E-state index contributed by atoms with van der Waals surface area (Å²) in [7, 11) is 0. The van der Waals surface area contributed by atoms with Crippen molar-refractivity contribution in [1.29, 1.82) is 0 Å². The van der Waals surface area contributed by atoms with Crippen LogP contribution in [0.1, 0.15) is 91.4 Å². The molecule has 2 fully saturated rings. The van der Waals surface area contributed by atoms with Crippen LogP contribution in [0.15, 0.2) is 0 Å². The van der Waals surface area contributed by atoms with Crippen LogP contribution in [0, 0.1) is 5.92 Å². The highest BCUT2D eigenvalue weighted by molar-refractivity contribution is 4.77. The van der Waals surface area contributed by atoms with Crippen LogP contribution in [0.3, 0.4) is 0 Å². The van der Waals surface area contributed by atoms with Gasteiger partial charge in [0, 0.05) is 13.1 Å². The van der Waals surface area contributed by atoms with Crippen LogP contribution in [-0.4, -0.2) is 60.7 Å². The van der Waals surface area contributed by atoms with Gasteiger partial charge in [0.25, 0.3) is 0 Å². The van der Waals surface area contributed by atoms with Gasteiger partial charge in [-0.25, -0.2) is 0 Å². The van der Waals surface area contributed by atoms with Gasteiger partial charge in [-0.1, -0.05) is 32.6 Å². The highest BCUT2D eigenvalue weighted by atomic mass is 16.5. The van der Waals surface area contributed by atoms with Crippen molar-refractivity contribution in [1.82, 2.24) is 4.90 Å². The Morgan fingerprint density at radius 3 is 2.33 bits per heavy atom. The molecule has 0 spiro atoms. The highest BCUT2D eigenvalue weighted by Crippen LogP contribution is 2.26. The molecule has 0 aromatic rings.